The minimum atomic E-state index is 0.476. The van der Waals surface area contributed by atoms with Crippen LogP contribution < -0.4 is 11.1 Å². The van der Waals surface area contributed by atoms with Crippen LogP contribution in [0.15, 0.2) is 60.7 Å². The van der Waals surface area contributed by atoms with Gasteiger partial charge in [0.25, 0.3) is 0 Å². The van der Waals surface area contributed by atoms with Crippen molar-refractivity contribution in [2.45, 2.75) is 95.4 Å². The number of allylic oxidation sites excluding steroid dienone is 1. The number of aryl methyl sites for hydroxylation is 2. The molecular formula is C35H62N2S. The van der Waals surface area contributed by atoms with Gasteiger partial charge in [0, 0.05) is 18.2 Å². The molecule has 3 heteroatoms. The summed E-state index contributed by atoms with van der Waals surface area (Å²) in [6.07, 6.45) is 8.02. The molecule has 2 aromatic carbocycles. The van der Waals surface area contributed by atoms with Gasteiger partial charge in [-0.2, -0.15) is 10.5 Å². The van der Waals surface area contributed by atoms with Crippen LogP contribution in [0, 0.1) is 12.8 Å². The van der Waals surface area contributed by atoms with Gasteiger partial charge in [-0.3, -0.25) is 0 Å². The summed E-state index contributed by atoms with van der Waals surface area (Å²) in [4.78, 5) is 1.71. The Morgan fingerprint density at radius 2 is 1.34 bits per heavy atom. The highest BCUT2D eigenvalue weighted by molar-refractivity contribution is 8.14. The number of hydrogen-bond acceptors (Lipinski definition) is 2. The molecule has 0 aliphatic heterocycles. The van der Waals surface area contributed by atoms with Crippen LogP contribution in [-0.2, 0) is 6.42 Å². The van der Waals surface area contributed by atoms with Crippen molar-refractivity contribution in [2.75, 3.05) is 19.6 Å². The molecule has 38 heavy (non-hydrogen) atoms. The molecule has 0 aliphatic carbocycles. The van der Waals surface area contributed by atoms with E-state index in [9.17, 15) is 0 Å². The monoisotopic (exact) mass is 542 g/mol. The number of nitrogens with two attached hydrogens (primary N) is 1. The van der Waals surface area contributed by atoms with E-state index in [0.29, 0.717) is 10.5 Å². The average molecular weight is 543 g/mol. The summed E-state index contributed by atoms with van der Waals surface area (Å²) in [6, 6.07) is 16.6. The van der Waals surface area contributed by atoms with Gasteiger partial charge in [-0.1, -0.05) is 116 Å². The summed E-state index contributed by atoms with van der Waals surface area (Å²) in [5.74, 6) is 0.739. The SMILES string of the molecule is C=C(C)CCC(C(C)C)=S(C)C.CC.CC.CC.CCc1ccccc1/C(NC)=C(/N)c1ccccc1C. The molecule has 0 saturated heterocycles. The summed E-state index contributed by atoms with van der Waals surface area (Å²) < 4.78 is 0. The number of hydrogen-bond donors (Lipinski definition) is 2. The Balaban J connectivity index is -0.000000586. The standard InChI is InChI=1S/C18H22N2.C11H22S.3C2H6/c1-4-14-10-6-8-12-16(14)18(20-3)17(19)15-11-7-5-9-13(15)2;1-9(2)7-8-11(10(3)4)12(5)6;3*1-2/h5-12,20H,4,19H2,1-3H3;10H,1,7-8H2,2-6H3;3*1-2H3/b18-17-;;;;. The van der Waals surface area contributed by atoms with Gasteiger partial charge < -0.3 is 11.1 Å². The Labute approximate surface area is 241 Å². The number of benzene rings is 2. The molecule has 0 fully saturated rings. The van der Waals surface area contributed by atoms with Crippen LogP contribution >= 0.6 is 10.5 Å². The number of nitrogens with one attached hydrogen (secondary N) is 1. The maximum Gasteiger partial charge on any atom is 0.0654 e. The van der Waals surface area contributed by atoms with Crippen LogP contribution in [0.4, 0.5) is 0 Å². The third kappa shape index (κ3) is 15.2. The third-order valence-corrected chi connectivity index (χ3v) is 7.31. The maximum absolute atomic E-state index is 6.42. The molecule has 0 amide bonds. The van der Waals surface area contributed by atoms with Crippen LogP contribution in [0.1, 0.15) is 104 Å². The fourth-order valence-corrected chi connectivity index (χ4v) is 5.25. The van der Waals surface area contributed by atoms with E-state index in [1.54, 1.807) is 4.86 Å². The molecule has 0 aromatic heterocycles. The van der Waals surface area contributed by atoms with Crippen molar-refractivity contribution in [1.29, 1.82) is 0 Å². The number of rotatable bonds is 8. The first-order valence-corrected chi connectivity index (χ1v) is 16.6. The predicted molar refractivity (Wildman–Crippen MR) is 184 cm³/mol. The van der Waals surface area contributed by atoms with Crippen LogP contribution in [0.2, 0.25) is 0 Å². The maximum atomic E-state index is 6.42. The van der Waals surface area contributed by atoms with Crippen molar-refractivity contribution in [3.63, 3.8) is 0 Å². The zero-order valence-corrected chi connectivity index (χ0v) is 28.3. The molecule has 3 N–H and O–H groups in total. The lowest BCUT2D eigenvalue weighted by molar-refractivity contribution is 0.855. The summed E-state index contributed by atoms with van der Waals surface area (Å²) in [7, 11) is 2.40. The summed E-state index contributed by atoms with van der Waals surface area (Å²) in [6.45, 7) is 26.9. The van der Waals surface area contributed by atoms with Crippen LogP contribution in [0.25, 0.3) is 11.4 Å². The van der Waals surface area contributed by atoms with Gasteiger partial charge in [0.1, 0.15) is 0 Å². The van der Waals surface area contributed by atoms with Gasteiger partial charge in [-0.05, 0) is 67.5 Å². The summed E-state index contributed by atoms with van der Waals surface area (Å²) >= 11 is 0. The average Bonchev–Trinajstić information content (AvgIpc) is 2.93. The molecule has 218 valence electrons. The Bertz CT molecular complexity index is 948. The summed E-state index contributed by atoms with van der Waals surface area (Å²) in [5.41, 5.74) is 14.3. The smallest absolute Gasteiger partial charge is 0.0654 e. The molecule has 0 radical (unpaired) electrons. The van der Waals surface area contributed by atoms with Crippen molar-refractivity contribution < 1.29 is 0 Å². The Kier molecular flexibility index (Phi) is 26.5. The van der Waals surface area contributed by atoms with Gasteiger partial charge in [-0.15, -0.1) is 6.58 Å². The van der Waals surface area contributed by atoms with Crippen molar-refractivity contribution in [2.24, 2.45) is 11.7 Å². The van der Waals surface area contributed by atoms with Gasteiger partial charge in [0.05, 0.1) is 11.4 Å². The van der Waals surface area contributed by atoms with E-state index in [4.69, 9.17) is 5.73 Å². The fraction of sp³-hybridized carbons (Fsp3) is 0.514. The first-order valence-electron chi connectivity index (χ1n) is 14.5. The third-order valence-electron chi connectivity index (χ3n) is 5.59. The van der Waals surface area contributed by atoms with Crippen molar-refractivity contribution in [1.82, 2.24) is 5.32 Å². The van der Waals surface area contributed by atoms with Gasteiger partial charge >= 0.3 is 0 Å². The van der Waals surface area contributed by atoms with Crippen LogP contribution in [0.5, 0.6) is 0 Å². The fourth-order valence-electron chi connectivity index (χ4n) is 3.80. The second-order valence-electron chi connectivity index (χ2n) is 8.76. The van der Waals surface area contributed by atoms with Crippen molar-refractivity contribution in [3.8, 4) is 0 Å². The van der Waals surface area contributed by atoms with Gasteiger partial charge in [-0.25, -0.2) is 0 Å². The predicted octanol–water partition coefficient (Wildman–Crippen LogP) is 10.3. The van der Waals surface area contributed by atoms with E-state index in [1.165, 1.54) is 35.1 Å². The van der Waals surface area contributed by atoms with Crippen molar-refractivity contribution >= 4 is 26.7 Å². The lowest BCUT2D eigenvalue weighted by Crippen LogP contribution is -2.14. The second-order valence-corrected chi connectivity index (χ2v) is 10.9. The van der Waals surface area contributed by atoms with E-state index in [1.807, 2.05) is 60.7 Å². The van der Waals surface area contributed by atoms with Crippen molar-refractivity contribution in [3.05, 3.63) is 82.9 Å². The largest absolute Gasteiger partial charge is 0.397 e. The molecule has 2 aromatic rings. The van der Waals surface area contributed by atoms with Crippen LogP contribution in [0.3, 0.4) is 0 Å². The zero-order chi connectivity index (χ0) is 30.3. The molecule has 0 spiro atoms. The highest BCUT2D eigenvalue weighted by Gasteiger charge is 2.11. The molecular weight excluding hydrogens is 480 g/mol. The first kappa shape index (κ1) is 40.2. The molecule has 0 atom stereocenters. The van der Waals surface area contributed by atoms with E-state index < -0.39 is 0 Å². The Morgan fingerprint density at radius 1 is 0.868 bits per heavy atom. The lowest BCUT2D eigenvalue weighted by atomic mass is 9.97. The molecule has 0 bridgehead atoms. The van der Waals surface area contributed by atoms with E-state index in [2.05, 4.69) is 95.4 Å². The molecule has 0 heterocycles. The van der Waals surface area contributed by atoms with E-state index in [-0.39, 0.29) is 0 Å². The van der Waals surface area contributed by atoms with Gasteiger partial charge in [0.2, 0.25) is 0 Å². The van der Waals surface area contributed by atoms with E-state index in [0.717, 1.165) is 29.3 Å². The molecule has 2 nitrogen and oxygen atoms in total. The first-order chi connectivity index (χ1) is 18.1. The highest BCUT2D eigenvalue weighted by Crippen LogP contribution is 2.25. The molecule has 0 aliphatic rings. The quantitative estimate of drug-likeness (QED) is 0.198. The molecule has 2 rings (SSSR count). The molecule has 0 unspecified atom stereocenters. The van der Waals surface area contributed by atoms with Gasteiger partial charge in [0.15, 0.2) is 0 Å². The second kappa shape index (κ2) is 25.0. The highest BCUT2D eigenvalue weighted by atomic mass is 32.2. The Morgan fingerprint density at radius 3 is 1.74 bits per heavy atom. The van der Waals surface area contributed by atoms with Crippen LogP contribution in [-0.4, -0.2) is 24.4 Å². The Hall–Kier alpha value is -2.26. The minimum Gasteiger partial charge on any atom is -0.397 e. The minimum absolute atomic E-state index is 0.476. The lowest BCUT2D eigenvalue weighted by Gasteiger charge is -2.16. The normalized spacial score (nSPS) is 10.2. The topological polar surface area (TPSA) is 38.0 Å². The zero-order valence-electron chi connectivity index (χ0n) is 27.5. The van der Waals surface area contributed by atoms with E-state index >= 15 is 0 Å². The summed E-state index contributed by atoms with van der Waals surface area (Å²) in [5, 5.41) is 3.27. The molecule has 0 saturated carbocycles.